The van der Waals surface area contributed by atoms with E-state index in [1.54, 1.807) is 48.5 Å². The fourth-order valence-corrected chi connectivity index (χ4v) is 7.88. The van der Waals surface area contributed by atoms with Gasteiger partial charge in [0.05, 0.1) is 11.7 Å². The first-order valence-electron chi connectivity index (χ1n) is 14.3. The highest BCUT2D eigenvalue weighted by atomic mass is 35.5. The van der Waals surface area contributed by atoms with E-state index in [-0.39, 0.29) is 29.3 Å². The number of nitriles is 1. The first-order valence-corrected chi connectivity index (χ1v) is 16.6. The summed E-state index contributed by atoms with van der Waals surface area (Å²) in [6.07, 6.45) is 7.29. The van der Waals surface area contributed by atoms with Gasteiger partial charge in [0.1, 0.15) is 5.75 Å². The molecule has 10 nitrogen and oxygen atoms in total. The summed E-state index contributed by atoms with van der Waals surface area (Å²) in [6, 6.07) is 13.7. The topological polar surface area (TPSA) is 150 Å². The van der Waals surface area contributed by atoms with Crippen molar-refractivity contribution >= 4 is 39.3 Å². The van der Waals surface area contributed by atoms with E-state index in [1.165, 1.54) is 0 Å². The third-order valence-electron chi connectivity index (χ3n) is 8.92. The molecule has 2 aromatic carbocycles. The summed E-state index contributed by atoms with van der Waals surface area (Å²) in [6.45, 7) is 4.06. The molecule has 2 aromatic rings. The molecule has 2 atom stereocenters. The Hall–Kier alpha value is -3.62. The quantitative estimate of drug-likeness (QED) is 0.215. The van der Waals surface area contributed by atoms with Crippen LogP contribution in [0.2, 0.25) is 5.02 Å². The molecule has 228 valence electrons. The SMILES string of the molecule is CC(C)(Oc1ccc(Cl)cc1)/C(=N/C#N)NC1C2CC3CC1CC(C(=O)NCc1ccc(C(=O)NS(C)(=O)=O)cc1)(C3)C2. The van der Waals surface area contributed by atoms with Crippen LogP contribution < -0.4 is 20.1 Å². The molecule has 6 rings (SSSR count). The van der Waals surface area contributed by atoms with E-state index in [0.717, 1.165) is 43.9 Å². The second-order valence-corrected chi connectivity index (χ2v) is 14.8. The van der Waals surface area contributed by atoms with Gasteiger partial charge < -0.3 is 15.4 Å². The zero-order chi connectivity index (χ0) is 31.0. The lowest BCUT2D eigenvalue weighted by molar-refractivity contribution is -0.149. The lowest BCUT2D eigenvalue weighted by Gasteiger charge is -2.59. The normalized spacial score (nSPS) is 26.3. The van der Waals surface area contributed by atoms with E-state index in [9.17, 15) is 23.3 Å². The Kier molecular flexibility index (Phi) is 8.47. The lowest BCUT2D eigenvalue weighted by Crippen LogP contribution is -2.64. The molecule has 3 N–H and O–H groups in total. The number of halogens is 1. The van der Waals surface area contributed by atoms with Crippen molar-refractivity contribution < 1.29 is 22.7 Å². The smallest absolute Gasteiger partial charge is 0.264 e. The van der Waals surface area contributed by atoms with Crippen molar-refractivity contribution in [2.45, 2.75) is 64.1 Å². The fourth-order valence-electron chi connectivity index (χ4n) is 7.30. The number of amides is 2. The molecule has 0 aromatic heterocycles. The van der Waals surface area contributed by atoms with E-state index in [1.807, 2.05) is 24.8 Å². The average Bonchev–Trinajstić information content (AvgIpc) is 2.93. The molecule has 0 radical (unpaired) electrons. The number of amidine groups is 1. The molecule has 0 aliphatic heterocycles. The highest BCUT2D eigenvalue weighted by Gasteiger charge is 2.58. The second-order valence-electron chi connectivity index (χ2n) is 12.6. The van der Waals surface area contributed by atoms with Gasteiger partial charge in [0.15, 0.2) is 11.4 Å². The highest BCUT2D eigenvalue weighted by molar-refractivity contribution is 7.89. The predicted molar refractivity (Wildman–Crippen MR) is 163 cm³/mol. The Labute approximate surface area is 257 Å². The molecule has 4 fully saturated rings. The molecule has 0 saturated heterocycles. The Morgan fingerprint density at radius 2 is 1.70 bits per heavy atom. The van der Waals surface area contributed by atoms with Gasteiger partial charge in [-0.2, -0.15) is 10.3 Å². The van der Waals surface area contributed by atoms with Crippen LogP contribution in [0.25, 0.3) is 0 Å². The minimum Gasteiger partial charge on any atom is -0.480 e. The molecule has 4 saturated carbocycles. The average molecular weight is 626 g/mol. The first kappa shape index (κ1) is 30.8. The highest BCUT2D eigenvalue weighted by Crippen LogP contribution is 2.60. The summed E-state index contributed by atoms with van der Waals surface area (Å²) < 4.78 is 30.8. The Morgan fingerprint density at radius 1 is 1.07 bits per heavy atom. The minimum absolute atomic E-state index is 0.0431. The third-order valence-corrected chi connectivity index (χ3v) is 9.73. The van der Waals surface area contributed by atoms with Crippen LogP contribution in [0.1, 0.15) is 61.9 Å². The summed E-state index contributed by atoms with van der Waals surface area (Å²) in [5, 5.41) is 16.8. The van der Waals surface area contributed by atoms with Crippen LogP contribution in [-0.2, 0) is 21.4 Å². The van der Waals surface area contributed by atoms with Crippen molar-refractivity contribution in [3.63, 3.8) is 0 Å². The van der Waals surface area contributed by atoms with Gasteiger partial charge in [0.2, 0.25) is 22.1 Å². The van der Waals surface area contributed by atoms with Gasteiger partial charge in [-0.3, -0.25) is 9.59 Å². The maximum absolute atomic E-state index is 13.7. The largest absolute Gasteiger partial charge is 0.480 e. The van der Waals surface area contributed by atoms with Crippen LogP contribution in [0.3, 0.4) is 0 Å². The molecule has 2 unspecified atom stereocenters. The number of hydrogen-bond acceptors (Lipinski definition) is 7. The molecular weight excluding hydrogens is 590 g/mol. The molecule has 2 amide bonds. The Bertz CT molecular complexity index is 1550. The van der Waals surface area contributed by atoms with Crippen LogP contribution in [-0.4, -0.2) is 44.0 Å². The molecule has 12 heteroatoms. The van der Waals surface area contributed by atoms with Crippen molar-refractivity contribution in [1.29, 1.82) is 5.26 Å². The zero-order valence-electron chi connectivity index (χ0n) is 24.4. The van der Waals surface area contributed by atoms with Gasteiger partial charge in [-0.15, -0.1) is 0 Å². The maximum atomic E-state index is 13.7. The number of carbonyl (C=O) groups excluding carboxylic acids is 2. The summed E-state index contributed by atoms with van der Waals surface area (Å²) in [5.74, 6) is 1.44. The third kappa shape index (κ3) is 6.97. The maximum Gasteiger partial charge on any atom is 0.264 e. The summed E-state index contributed by atoms with van der Waals surface area (Å²) in [5.41, 5.74) is -0.296. The number of nitrogens with one attached hydrogen (secondary N) is 3. The molecule has 43 heavy (non-hydrogen) atoms. The molecule has 4 aliphatic carbocycles. The number of rotatable bonds is 9. The number of carbonyl (C=O) groups is 2. The number of aliphatic imine (C=N–C) groups is 1. The lowest BCUT2D eigenvalue weighted by atomic mass is 9.47. The van der Waals surface area contributed by atoms with Gasteiger partial charge in [0.25, 0.3) is 5.91 Å². The van der Waals surface area contributed by atoms with E-state index in [2.05, 4.69) is 15.6 Å². The minimum atomic E-state index is -3.65. The van der Waals surface area contributed by atoms with Crippen LogP contribution in [0, 0.1) is 34.6 Å². The Morgan fingerprint density at radius 3 is 2.28 bits per heavy atom. The van der Waals surface area contributed by atoms with E-state index in [4.69, 9.17) is 16.3 Å². The van der Waals surface area contributed by atoms with Gasteiger partial charge >= 0.3 is 0 Å². The van der Waals surface area contributed by atoms with Crippen LogP contribution in [0.5, 0.6) is 5.75 Å². The van der Waals surface area contributed by atoms with Gasteiger partial charge in [-0.05, 0) is 106 Å². The van der Waals surface area contributed by atoms with Crippen molar-refractivity contribution in [3.8, 4) is 11.9 Å². The van der Waals surface area contributed by atoms with Crippen LogP contribution in [0.15, 0.2) is 53.5 Å². The monoisotopic (exact) mass is 625 g/mol. The van der Waals surface area contributed by atoms with Crippen molar-refractivity contribution in [2.75, 3.05) is 6.26 Å². The molecule has 0 heterocycles. The van der Waals surface area contributed by atoms with E-state index < -0.39 is 26.9 Å². The molecule has 0 spiro atoms. The number of sulfonamides is 1. The van der Waals surface area contributed by atoms with E-state index >= 15 is 0 Å². The number of ether oxygens (including phenoxy) is 1. The standard InChI is InChI=1S/C31H36ClN5O5S/c1-30(2,42-25-10-8-24(32)9-11-25)28(35-18-33)36-26-22-12-20-13-23(26)16-31(14-20,15-22)29(39)34-17-19-4-6-21(7-5-19)27(38)37-43(3,40)41/h4-11,20,22-23,26H,12-17H2,1-3H3,(H,34,39)(H,35,36)(H,37,38). The number of nitrogens with zero attached hydrogens (tertiary/aromatic N) is 2. The van der Waals surface area contributed by atoms with Crippen LogP contribution >= 0.6 is 11.6 Å². The van der Waals surface area contributed by atoms with Crippen LogP contribution in [0.4, 0.5) is 0 Å². The zero-order valence-corrected chi connectivity index (χ0v) is 26.0. The number of benzene rings is 2. The van der Waals surface area contributed by atoms with Gasteiger partial charge in [-0.25, -0.2) is 13.1 Å². The van der Waals surface area contributed by atoms with Gasteiger partial charge in [-0.1, -0.05) is 23.7 Å². The number of hydrogen-bond donors (Lipinski definition) is 3. The predicted octanol–water partition coefficient (Wildman–Crippen LogP) is 4.17. The summed E-state index contributed by atoms with van der Waals surface area (Å²) in [7, 11) is -3.65. The molecule has 4 aliphatic rings. The van der Waals surface area contributed by atoms with Crippen molar-refractivity contribution in [1.82, 2.24) is 15.4 Å². The summed E-state index contributed by atoms with van der Waals surface area (Å²) in [4.78, 5) is 29.9. The first-order chi connectivity index (χ1) is 20.3. The summed E-state index contributed by atoms with van der Waals surface area (Å²) >= 11 is 6.02. The fraction of sp³-hybridized carbons (Fsp3) is 0.484. The van der Waals surface area contributed by atoms with Crippen molar-refractivity contribution in [3.05, 3.63) is 64.7 Å². The van der Waals surface area contributed by atoms with Crippen molar-refractivity contribution in [2.24, 2.45) is 28.2 Å². The molecular formula is C31H36ClN5O5S. The van der Waals surface area contributed by atoms with Gasteiger partial charge in [0, 0.05) is 23.2 Å². The Balaban J connectivity index is 1.23. The van der Waals surface area contributed by atoms with E-state index in [0.29, 0.717) is 29.1 Å². The second kappa shape index (κ2) is 11.8. The molecule has 4 bridgehead atoms.